The summed E-state index contributed by atoms with van der Waals surface area (Å²) < 4.78 is 15.7. The first-order valence-electron chi connectivity index (χ1n) is 10.1. The number of benzene rings is 1. The molecule has 2 amide bonds. The van der Waals surface area contributed by atoms with E-state index in [0.717, 1.165) is 12.3 Å². The van der Waals surface area contributed by atoms with Crippen LogP contribution in [0.3, 0.4) is 0 Å². The minimum absolute atomic E-state index is 0.0855. The zero-order valence-electron chi connectivity index (χ0n) is 15.9. The number of hydrogen-bond acceptors (Lipinski definition) is 3. The Balaban J connectivity index is 1.31. The molecule has 29 heavy (non-hydrogen) atoms. The van der Waals surface area contributed by atoms with E-state index in [9.17, 15) is 14.0 Å². The summed E-state index contributed by atoms with van der Waals surface area (Å²) in [6.45, 7) is 0.919. The SMILES string of the molecule is O=C(N[C@@H]1C[C@H]2CC[C@H]1C2)c1cc2n(n1)CCN(Cc1c(F)cccc1Cl)C2=O. The zero-order chi connectivity index (χ0) is 20.1. The van der Waals surface area contributed by atoms with Gasteiger partial charge in [-0.25, -0.2) is 4.39 Å². The molecule has 2 aliphatic carbocycles. The molecular weight excluding hydrogens is 395 g/mol. The highest BCUT2D eigenvalue weighted by Gasteiger charge is 2.40. The van der Waals surface area contributed by atoms with Gasteiger partial charge < -0.3 is 10.2 Å². The summed E-state index contributed by atoms with van der Waals surface area (Å²) in [4.78, 5) is 27.1. The fraction of sp³-hybridized carbons (Fsp3) is 0.476. The molecule has 1 N–H and O–H groups in total. The van der Waals surface area contributed by atoms with Gasteiger partial charge in [0, 0.05) is 29.2 Å². The minimum atomic E-state index is -0.435. The molecule has 2 heterocycles. The summed E-state index contributed by atoms with van der Waals surface area (Å²) in [7, 11) is 0. The van der Waals surface area contributed by atoms with Crippen molar-refractivity contribution in [1.29, 1.82) is 0 Å². The number of fused-ring (bicyclic) bond motifs is 3. The summed E-state index contributed by atoms with van der Waals surface area (Å²) in [5.41, 5.74) is 0.911. The van der Waals surface area contributed by atoms with Gasteiger partial charge in [0.1, 0.15) is 11.5 Å². The highest BCUT2D eigenvalue weighted by atomic mass is 35.5. The normalized spacial score (nSPS) is 25.4. The zero-order valence-corrected chi connectivity index (χ0v) is 16.7. The second-order valence-corrected chi connectivity index (χ2v) is 8.73. The van der Waals surface area contributed by atoms with Gasteiger partial charge in [0.25, 0.3) is 11.8 Å². The lowest BCUT2D eigenvalue weighted by molar-refractivity contribution is 0.0681. The van der Waals surface area contributed by atoms with Gasteiger partial charge in [-0.1, -0.05) is 24.1 Å². The predicted octanol–water partition coefficient (Wildman–Crippen LogP) is 3.25. The van der Waals surface area contributed by atoms with Crippen LogP contribution in [0.25, 0.3) is 0 Å². The van der Waals surface area contributed by atoms with E-state index in [1.807, 2.05) is 0 Å². The van der Waals surface area contributed by atoms with Gasteiger partial charge in [0.2, 0.25) is 0 Å². The van der Waals surface area contributed by atoms with Crippen molar-refractivity contribution in [2.45, 2.75) is 44.8 Å². The first-order chi connectivity index (χ1) is 14.0. The lowest BCUT2D eigenvalue weighted by Crippen LogP contribution is -2.40. The van der Waals surface area contributed by atoms with Crippen molar-refractivity contribution < 1.29 is 14.0 Å². The highest BCUT2D eigenvalue weighted by Crippen LogP contribution is 2.44. The molecule has 1 aromatic carbocycles. The Bertz CT molecular complexity index is 971. The van der Waals surface area contributed by atoms with Crippen LogP contribution in [0.1, 0.15) is 52.2 Å². The van der Waals surface area contributed by atoms with Gasteiger partial charge in [0.05, 0.1) is 13.1 Å². The predicted molar refractivity (Wildman–Crippen MR) is 105 cm³/mol. The molecule has 2 saturated carbocycles. The van der Waals surface area contributed by atoms with Gasteiger partial charge in [0.15, 0.2) is 5.69 Å². The van der Waals surface area contributed by atoms with E-state index in [-0.39, 0.29) is 30.1 Å². The second kappa shape index (κ2) is 7.13. The molecule has 1 aromatic heterocycles. The van der Waals surface area contributed by atoms with Crippen molar-refractivity contribution in [3.05, 3.63) is 52.1 Å². The van der Waals surface area contributed by atoms with Crippen LogP contribution in [-0.2, 0) is 13.1 Å². The van der Waals surface area contributed by atoms with E-state index in [0.29, 0.717) is 35.3 Å². The van der Waals surface area contributed by atoms with E-state index in [2.05, 4.69) is 10.4 Å². The van der Waals surface area contributed by atoms with Crippen LogP contribution in [0, 0.1) is 17.7 Å². The molecule has 3 aliphatic rings. The number of nitrogens with one attached hydrogen (secondary N) is 1. The Morgan fingerprint density at radius 2 is 2.14 bits per heavy atom. The molecule has 2 fully saturated rings. The first-order valence-corrected chi connectivity index (χ1v) is 10.5. The number of carbonyl (C=O) groups is 2. The van der Waals surface area contributed by atoms with Crippen molar-refractivity contribution >= 4 is 23.4 Å². The molecule has 1 aliphatic heterocycles. The summed E-state index contributed by atoms with van der Waals surface area (Å²) in [5, 5.41) is 7.74. The quantitative estimate of drug-likeness (QED) is 0.831. The first kappa shape index (κ1) is 18.6. The Morgan fingerprint density at radius 1 is 1.28 bits per heavy atom. The van der Waals surface area contributed by atoms with E-state index < -0.39 is 5.82 Å². The molecule has 6 nitrogen and oxygen atoms in total. The molecule has 2 bridgehead atoms. The molecule has 0 unspecified atom stereocenters. The average molecular weight is 417 g/mol. The van der Waals surface area contributed by atoms with Crippen LogP contribution in [0.2, 0.25) is 5.02 Å². The minimum Gasteiger partial charge on any atom is -0.348 e. The Morgan fingerprint density at radius 3 is 2.86 bits per heavy atom. The molecule has 8 heteroatoms. The third-order valence-electron chi connectivity index (χ3n) is 6.57. The molecule has 152 valence electrons. The largest absolute Gasteiger partial charge is 0.348 e. The lowest BCUT2D eigenvalue weighted by Gasteiger charge is -2.27. The number of nitrogens with zero attached hydrogens (tertiary/aromatic N) is 3. The maximum Gasteiger partial charge on any atom is 0.272 e. The van der Waals surface area contributed by atoms with Crippen molar-refractivity contribution in [2.24, 2.45) is 11.8 Å². The molecule has 0 radical (unpaired) electrons. The van der Waals surface area contributed by atoms with Gasteiger partial charge >= 0.3 is 0 Å². The maximum absolute atomic E-state index is 14.1. The monoisotopic (exact) mass is 416 g/mol. The van der Waals surface area contributed by atoms with Crippen molar-refractivity contribution in [3.8, 4) is 0 Å². The molecule has 3 atom stereocenters. The molecule has 2 aromatic rings. The fourth-order valence-electron chi connectivity index (χ4n) is 5.04. The van der Waals surface area contributed by atoms with Crippen molar-refractivity contribution in [1.82, 2.24) is 20.0 Å². The van der Waals surface area contributed by atoms with Crippen molar-refractivity contribution in [3.63, 3.8) is 0 Å². The number of hydrogen-bond donors (Lipinski definition) is 1. The van der Waals surface area contributed by atoms with Gasteiger partial charge in [-0.15, -0.1) is 0 Å². The Labute approximate surface area is 173 Å². The summed E-state index contributed by atoms with van der Waals surface area (Å²) in [5.74, 6) is 0.378. The smallest absolute Gasteiger partial charge is 0.272 e. The highest BCUT2D eigenvalue weighted by molar-refractivity contribution is 6.31. The third kappa shape index (κ3) is 3.31. The van der Waals surface area contributed by atoms with Crippen LogP contribution in [-0.4, -0.2) is 39.1 Å². The Hall–Kier alpha value is -2.41. The summed E-state index contributed by atoms with van der Waals surface area (Å²) in [6.07, 6.45) is 4.70. The van der Waals surface area contributed by atoms with Crippen LogP contribution in [0.4, 0.5) is 4.39 Å². The summed E-state index contributed by atoms with van der Waals surface area (Å²) >= 11 is 6.10. The number of amides is 2. The standard InChI is InChI=1S/C21H22ClFN4O2/c22-15-2-1-3-16(23)14(15)11-26-6-7-27-19(21(26)29)10-18(25-27)20(28)24-17-9-12-4-5-13(17)8-12/h1-3,10,12-13,17H,4-9,11H2,(H,24,28)/t12-,13-,17+/m0/s1. The van der Waals surface area contributed by atoms with Gasteiger partial charge in [-0.2, -0.15) is 5.10 Å². The number of aromatic nitrogens is 2. The number of rotatable bonds is 4. The summed E-state index contributed by atoms with van der Waals surface area (Å²) in [6, 6.07) is 6.24. The number of carbonyl (C=O) groups excluding carboxylic acids is 2. The lowest BCUT2D eigenvalue weighted by atomic mass is 9.95. The second-order valence-electron chi connectivity index (χ2n) is 8.32. The fourth-order valence-corrected chi connectivity index (χ4v) is 5.26. The van der Waals surface area contributed by atoms with Crippen LogP contribution >= 0.6 is 11.6 Å². The Kier molecular flexibility index (Phi) is 4.57. The van der Waals surface area contributed by atoms with E-state index in [1.54, 1.807) is 21.7 Å². The molecule has 0 saturated heterocycles. The topological polar surface area (TPSA) is 67.2 Å². The molecule has 0 spiro atoms. The average Bonchev–Trinajstić information content (AvgIpc) is 3.42. The van der Waals surface area contributed by atoms with Gasteiger partial charge in [-0.3, -0.25) is 14.3 Å². The van der Waals surface area contributed by atoms with Crippen molar-refractivity contribution in [2.75, 3.05) is 6.54 Å². The van der Waals surface area contributed by atoms with E-state index in [4.69, 9.17) is 11.6 Å². The van der Waals surface area contributed by atoms with Gasteiger partial charge in [-0.05, 0) is 43.2 Å². The van der Waals surface area contributed by atoms with Crippen LogP contribution in [0.5, 0.6) is 0 Å². The van der Waals surface area contributed by atoms with E-state index in [1.165, 1.54) is 31.4 Å². The molecule has 5 rings (SSSR count). The van der Waals surface area contributed by atoms with Crippen LogP contribution in [0.15, 0.2) is 24.3 Å². The maximum atomic E-state index is 14.1. The van der Waals surface area contributed by atoms with E-state index >= 15 is 0 Å². The molecular formula is C21H22ClFN4O2. The third-order valence-corrected chi connectivity index (χ3v) is 6.92. The van der Waals surface area contributed by atoms with Crippen LogP contribution < -0.4 is 5.32 Å². The number of halogens is 2.